The second kappa shape index (κ2) is 5.87. The van der Waals surface area contributed by atoms with Crippen LogP contribution in [0.5, 0.6) is 0 Å². The second-order valence-electron chi connectivity index (χ2n) is 8.48. The number of nitrogens with zero attached hydrogens (tertiary/aromatic N) is 4. The van der Waals surface area contributed by atoms with Gasteiger partial charge in [0, 0.05) is 37.3 Å². The van der Waals surface area contributed by atoms with E-state index in [1.165, 1.54) is 24.5 Å². The molecule has 2 atom stereocenters. The molecular formula is C21H20F3N5. The minimum atomic E-state index is -0.460. The molecule has 8 heteroatoms. The number of halogens is 3. The molecule has 2 unspecified atom stereocenters. The van der Waals surface area contributed by atoms with Gasteiger partial charge in [0.1, 0.15) is 11.6 Å². The van der Waals surface area contributed by atoms with Crippen molar-refractivity contribution in [3.8, 4) is 0 Å². The van der Waals surface area contributed by atoms with Crippen molar-refractivity contribution < 1.29 is 13.2 Å². The van der Waals surface area contributed by atoms with Gasteiger partial charge in [-0.25, -0.2) is 23.1 Å². The first kappa shape index (κ1) is 17.1. The Morgan fingerprint density at radius 2 is 1.79 bits per heavy atom. The van der Waals surface area contributed by atoms with E-state index in [4.69, 9.17) is 0 Å². The number of nitrogens with one attached hydrogen (secondary N) is 1. The Labute approximate surface area is 166 Å². The van der Waals surface area contributed by atoms with E-state index in [1.54, 1.807) is 0 Å². The van der Waals surface area contributed by atoms with Gasteiger partial charge in [-0.1, -0.05) is 6.08 Å². The van der Waals surface area contributed by atoms with E-state index < -0.39 is 17.5 Å². The van der Waals surface area contributed by atoms with Crippen LogP contribution in [0.15, 0.2) is 30.6 Å². The normalized spacial score (nSPS) is 26.2. The molecule has 3 fully saturated rings. The van der Waals surface area contributed by atoms with Gasteiger partial charge in [0.25, 0.3) is 0 Å². The summed E-state index contributed by atoms with van der Waals surface area (Å²) in [7, 11) is 0. The summed E-state index contributed by atoms with van der Waals surface area (Å²) in [5.41, 5.74) is 1.27. The number of piperazine rings is 1. The summed E-state index contributed by atoms with van der Waals surface area (Å²) in [6.45, 7) is 1.97. The van der Waals surface area contributed by atoms with Gasteiger partial charge in [-0.2, -0.15) is 0 Å². The minimum absolute atomic E-state index is 0.146. The lowest BCUT2D eigenvalue weighted by Crippen LogP contribution is -2.54. The highest BCUT2D eigenvalue weighted by Gasteiger charge is 2.54. The van der Waals surface area contributed by atoms with Gasteiger partial charge in [-0.05, 0) is 31.4 Å². The summed E-state index contributed by atoms with van der Waals surface area (Å²) in [6, 6.07) is 2.58. The molecule has 4 aliphatic rings. The third-order valence-corrected chi connectivity index (χ3v) is 6.56. The quantitative estimate of drug-likeness (QED) is 0.839. The van der Waals surface area contributed by atoms with E-state index in [0.717, 1.165) is 25.0 Å². The number of rotatable bonds is 2. The maximum atomic E-state index is 14.9. The van der Waals surface area contributed by atoms with Crippen molar-refractivity contribution in [1.82, 2.24) is 14.9 Å². The van der Waals surface area contributed by atoms with E-state index in [0.29, 0.717) is 37.1 Å². The van der Waals surface area contributed by atoms with E-state index >= 15 is 0 Å². The maximum Gasteiger partial charge on any atom is 0.225 e. The summed E-state index contributed by atoms with van der Waals surface area (Å²) >= 11 is 0. The van der Waals surface area contributed by atoms with Crippen molar-refractivity contribution in [2.24, 2.45) is 5.92 Å². The highest BCUT2D eigenvalue weighted by molar-refractivity contribution is 5.79. The number of fused-ring (bicyclic) bond motifs is 2. The SMILES string of the molecule is Fc1cnc(N2CCN(C3=CC4CC4Nc4c(F)ccc(F)c43)C3(CC3)C2)nc1. The molecule has 0 bridgehead atoms. The standard InChI is InChI=1S/C21H20F3N5/c22-13-9-25-20(26-10-13)28-5-6-29(21(11-28)3-4-21)17-8-12-7-16(12)27-19-15(24)2-1-14(23)18(17)19/h1-2,8-10,12,16,27H,3-7,11H2. The first-order valence-electron chi connectivity index (χ1n) is 10.0. The number of benzene rings is 1. The molecule has 2 aliphatic heterocycles. The zero-order valence-corrected chi connectivity index (χ0v) is 15.7. The summed E-state index contributed by atoms with van der Waals surface area (Å²) in [4.78, 5) is 12.5. The molecule has 0 radical (unpaired) electrons. The average molecular weight is 399 g/mol. The second-order valence-corrected chi connectivity index (χ2v) is 8.48. The Balaban J connectivity index is 1.37. The molecular weight excluding hydrogens is 379 g/mol. The Hall–Kier alpha value is -2.77. The minimum Gasteiger partial charge on any atom is -0.379 e. The van der Waals surface area contributed by atoms with Crippen LogP contribution in [-0.4, -0.2) is 46.1 Å². The van der Waals surface area contributed by atoms with Crippen molar-refractivity contribution in [1.29, 1.82) is 0 Å². The number of aromatic nitrogens is 2. The average Bonchev–Trinajstić information content (AvgIpc) is 3.62. The van der Waals surface area contributed by atoms with Crippen molar-refractivity contribution in [2.45, 2.75) is 30.8 Å². The lowest BCUT2D eigenvalue weighted by Gasteiger charge is -2.45. The predicted molar refractivity (Wildman–Crippen MR) is 103 cm³/mol. The number of anilines is 2. The third-order valence-electron chi connectivity index (χ3n) is 6.56. The van der Waals surface area contributed by atoms with E-state index in [2.05, 4.69) is 31.2 Å². The summed E-state index contributed by atoms with van der Waals surface area (Å²) < 4.78 is 42.6. The number of hydrogen-bond donors (Lipinski definition) is 1. The molecule has 2 aliphatic carbocycles. The van der Waals surface area contributed by atoms with Gasteiger partial charge in [0.05, 0.1) is 29.2 Å². The molecule has 150 valence electrons. The lowest BCUT2D eigenvalue weighted by molar-refractivity contribution is 0.242. The molecule has 1 aromatic carbocycles. The van der Waals surface area contributed by atoms with Crippen LogP contribution in [0.1, 0.15) is 24.8 Å². The monoisotopic (exact) mass is 399 g/mol. The summed E-state index contributed by atoms with van der Waals surface area (Å²) in [5, 5.41) is 3.20. The van der Waals surface area contributed by atoms with Gasteiger partial charge < -0.3 is 15.1 Å². The first-order valence-corrected chi connectivity index (χ1v) is 10.0. The summed E-state index contributed by atoms with van der Waals surface area (Å²) in [6.07, 6.45) is 7.35. The molecule has 6 rings (SSSR count). The molecule has 0 amide bonds. The van der Waals surface area contributed by atoms with Crippen LogP contribution in [0.4, 0.5) is 24.8 Å². The van der Waals surface area contributed by atoms with Gasteiger partial charge in [0.15, 0.2) is 5.82 Å². The molecule has 2 saturated carbocycles. The highest BCUT2D eigenvalue weighted by atomic mass is 19.1. The molecule has 1 aromatic heterocycles. The fourth-order valence-corrected chi connectivity index (χ4v) is 4.77. The van der Waals surface area contributed by atoms with Crippen LogP contribution in [0.25, 0.3) is 5.70 Å². The first-order chi connectivity index (χ1) is 14.0. The Bertz CT molecular complexity index is 1020. The fourth-order valence-electron chi connectivity index (χ4n) is 4.77. The van der Waals surface area contributed by atoms with Crippen molar-refractivity contribution in [2.75, 3.05) is 29.9 Å². The van der Waals surface area contributed by atoms with Crippen molar-refractivity contribution >= 4 is 17.3 Å². The molecule has 5 nitrogen and oxygen atoms in total. The van der Waals surface area contributed by atoms with Crippen LogP contribution in [-0.2, 0) is 0 Å². The largest absolute Gasteiger partial charge is 0.379 e. The van der Waals surface area contributed by atoms with Crippen molar-refractivity contribution in [3.63, 3.8) is 0 Å². The molecule has 1 N–H and O–H groups in total. The van der Waals surface area contributed by atoms with Crippen LogP contribution in [0.2, 0.25) is 0 Å². The van der Waals surface area contributed by atoms with Crippen molar-refractivity contribution in [3.05, 3.63) is 53.6 Å². The zero-order valence-electron chi connectivity index (χ0n) is 15.7. The van der Waals surface area contributed by atoms with Crippen LogP contribution in [0.3, 0.4) is 0 Å². The maximum absolute atomic E-state index is 14.9. The van der Waals surface area contributed by atoms with Gasteiger partial charge in [-0.15, -0.1) is 0 Å². The molecule has 29 heavy (non-hydrogen) atoms. The van der Waals surface area contributed by atoms with E-state index in [-0.39, 0.29) is 17.3 Å². The fraction of sp³-hybridized carbons (Fsp3) is 0.429. The summed E-state index contributed by atoms with van der Waals surface area (Å²) in [5.74, 6) is -0.471. The Morgan fingerprint density at radius 3 is 2.55 bits per heavy atom. The lowest BCUT2D eigenvalue weighted by atomic mass is 10.0. The van der Waals surface area contributed by atoms with Crippen LogP contribution >= 0.6 is 0 Å². The molecule has 1 spiro atoms. The van der Waals surface area contributed by atoms with Crippen LogP contribution < -0.4 is 10.2 Å². The molecule has 3 heterocycles. The third kappa shape index (κ3) is 2.68. The zero-order chi connectivity index (χ0) is 19.8. The predicted octanol–water partition coefficient (Wildman–Crippen LogP) is 3.40. The topological polar surface area (TPSA) is 44.3 Å². The van der Waals surface area contributed by atoms with E-state index in [9.17, 15) is 13.2 Å². The highest BCUT2D eigenvalue weighted by Crippen LogP contribution is 2.52. The van der Waals surface area contributed by atoms with Gasteiger partial charge >= 0.3 is 0 Å². The Morgan fingerprint density at radius 1 is 1.03 bits per heavy atom. The molecule has 2 aromatic rings. The molecule has 1 saturated heterocycles. The van der Waals surface area contributed by atoms with Gasteiger partial charge in [-0.3, -0.25) is 0 Å². The van der Waals surface area contributed by atoms with E-state index in [1.807, 2.05) is 0 Å². The van der Waals surface area contributed by atoms with Crippen LogP contribution in [0, 0.1) is 23.4 Å². The van der Waals surface area contributed by atoms with Gasteiger partial charge in [0.2, 0.25) is 5.95 Å². The smallest absolute Gasteiger partial charge is 0.225 e. The number of hydrogen-bond acceptors (Lipinski definition) is 5. The Kier molecular flexibility index (Phi) is 3.47.